The molecule has 0 aromatic carbocycles. The molecule has 1 N–H and O–H groups in total. The lowest BCUT2D eigenvalue weighted by Gasteiger charge is -2.00. The van der Waals surface area contributed by atoms with Gasteiger partial charge in [-0.1, -0.05) is 11.6 Å². The summed E-state index contributed by atoms with van der Waals surface area (Å²) in [6.45, 7) is 1.87. The van der Waals surface area contributed by atoms with Crippen LogP contribution in [0.15, 0.2) is 23.1 Å². The highest BCUT2D eigenvalue weighted by atomic mass is 35.5. The van der Waals surface area contributed by atoms with Gasteiger partial charge >= 0.3 is 0 Å². The molecular weight excluding hydrogens is 188 g/mol. The summed E-state index contributed by atoms with van der Waals surface area (Å²) < 4.78 is 0. The van der Waals surface area contributed by atoms with Gasteiger partial charge in [0.1, 0.15) is 5.15 Å². The van der Waals surface area contributed by atoms with Crippen LogP contribution in [0, 0.1) is 6.92 Å². The molecule has 2 rings (SSSR count). The van der Waals surface area contributed by atoms with Crippen LogP contribution in [0.5, 0.6) is 0 Å². The number of hydrogen-bond acceptors (Lipinski definition) is 2. The topological polar surface area (TPSA) is 45.8 Å². The van der Waals surface area contributed by atoms with Crippen molar-refractivity contribution in [1.82, 2.24) is 9.97 Å². The zero-order valence-electron chi connectivity index (χ0n) is 6.97. The molecule has 13 heavy (non-hydrogen) atoms. The molecule has 0 saturated heterocycles. The molecule has 0 aliphatic rings. The Bertz CT molecular complexity index is 518. The third-order valence-corrected chi connectivity index (χ3v) is 2.11. The Labute approximate surface area is 79.4 Å². The number of halogens is 1. The highest BCUT2D eigenvalue weighted by molar-refractivity contribution is 6.30. The molecular formula is C9H7ClN2O. The van der Waals surface area contributed by atoms with Crippen LogP contribution in [-0.2, 0) is 0 Å². The lowest BCUT2D eigenvalue weighted by Crippen LogP contribution is -2.04. The summed E-state index contributed by atoms with van der Waals surface area (Å²) in [6.07, 6.45) is 1.66. The molecule has 0 fully saturated rings. The first kappa shape index (κ1) is 8.26. The van der Waals surface area contributed by atoms with Crippen LogP contribution in [0.3, 0.4) is 0 Å². The number of aromatic nitrogens is 2. The normalized spacial score (nSPS) is 10.6. The quantitative estimate of drug-likeness (QED) is 0.651. The Morgan fingerprint density at radius 2 is 2.23 bits per heavy atom. The van der Waals surface area contributed by atoms with Gasteiger partial charge in [-0.15, -0.1) is 0 Å². The van der Waals surface area contributed by atoms with Crippen molar-refractivity contribution in [3.05, 3.63) is 39.4 Å². The molecule has 66 valence electrons. The van der Waals surface area contributed by atoms with E-state index in [2.05, 4.69) is 9.97 Å². The molecule has 3 nitrogen and oxygen atoms in total. The van der Waals surface area contributed by atoms with Gasteiger partial charge in [-0.3, -0.25) is 4.79 Å². The van der Waals surface area contributed by atoms with E-state index in [1.165, 1.54) is 6.07 Å². The summed E-state index contributed by atoms with van der Waals surface area (Å²) in [5, 5.41) is 1.30. The van der Waals surface area contributed by atoms with E-state index in [4.69, 9.17) is 11.6 Å². The van der Waals surface area contributed by atoms with Crippen LogP contribution in [0.1, 0.15) is 5.56 Å². The molecule has 2 aromatic heterocycles. The van der Waals surface area contributed by atoms with Crippen LogP contribution in [0.2, 0.25) is 5.15 Å². The van der Waals surface area contributed by atoms with E-state index in [1.54, 1.807) is 12.3 Å². The van der Waals surface area contributed by atoms with E-state index in [0.29, 0.717) is 5.15 Å². The van der Waals surface area contributed by atoms with E-state index < -0.39 is 0 Å². The number of nitrogens with zero attached hydrogens (tertiary/aromatic N) is 1. The highest BCUT2D eigenvalue weighted by Gasteiger charge is 2.00. The fraction of sp³-hybridized carbons (Fsp3) is 0.111. The van der Waals surface area contributed by atoms with Gasteiger partial charge in [-0.05, 0) is 18.6 Å². The lowest BCUT2D eigenvalue weighted by molar-refractivity contribution is 1.25. The average Bonchev–Trinajstić information content (AvgIpc) is 2.02. The van der Waals surface area contributed by atoms with E-state index >= 15 is 0 Å². The second-order valence-corrected chi connectivity index (χ2v) is 3.26. The van der Waals surface area contributed by atoms with Crippen LogP contribution >= 0.6 is 11.6 Å². The third kappa shape index (κ3) is 1.42. The summed E-state index contributed by atoms with van der Waals surface area (Å²) in [5.41, 5.74) is 1.51. The Hall–Kier alpha value is -1.35. The van der Waals surface area contributed by atoms with Crippen molar-refractivity contribution < 1.29 is 0 Å². The van der Waals surface area contributed by atoms with Gasteiger partial charge in [0, 0.05) is 17.6 Å². The molecule has 4 heteroatoms. The van der Waals surface area contributed by atoms with Crippen LogP contribution in [0.4, 0.5) is 0 Å². The van der Waals surface area contributed by atoms with Gasteiger partial charge in [-0.2, -0.15) is 0 Å². The number of aromatic amines is 1. The molecule has 0 aliphatic carbocycles. The average molecular weight is 195 g/mol. The van der Waals surface area contributed by atoms with Crippen molar-refractivity contribution in [2.75, 3.05) is 0 Å². The van der Waals surface area contributed by atoms with Crippen LogP contribution < -0.4 is 5.56 Å². The van der Waals surface area contributed by atoms with E-state index in [0.717, 1.165) is 16.5 Å². The van der Waals surface area contributed by atoms with Crippen molar-refractivity contribution in [3.8, 4) is 0 Å². The molecule has 0 saturated carbocycles. The smallest absolute Gasteiger partial charge is 0.248 e. The summed E-state index contributed by atoms with van der Waals surface area (Å²) in [5.74, 6) is 0. The first-order valence-electron chi connectivity index (χ1n) is 3.82. The van der Waals surface area contributed by atoms with E-state index in [1.807, 2.05) is 6.92 Å². The van der Waals surface area contributed by atoms with Gasteiger partial charge in [0.2, 0.25) is 5.56 Å². The fourth-order valence-corrected chi connectivity index (χ4v) is 1.45. The standard InChI is InChI=1S/C9H7ClN2O/c1-5-2-9(13)12-7-3-8(10)11-4-6(5)7/h2-4H,1H3,(H,12,13). The molecule has 0 aliphatic heterocycles. The van der Waals surface area contributed by atoms with Crippen molar-refractivity contribution in [2.24, 2.45) is 0 Å². The summed E-state index contributed by atoms with van der Waals surface area (Å²) in [6, 6.07) is 3.18. The summed E-state index contributed by atoms with van der Waals surface area (Å²) >= 11 is 5.69. The molecule has 0 bridgehead atoms. The minimum absolute atomic E-state index is 0.118. The monoisotopic (exact) mass is 194 g/mol. The predicted octanol–water partition coefficient (Wildman–Crippen LogP) is 1.88. The van der Waals surface area contributed by atoms with Crippen molar-refractivity contribution in [2.45, 2.75) is 6.92 Å². The van der Waals surface area contributed by atoms with Crippen molar-refractivity contribution in [1.29, 1.82) is 0 Å². The van der Waals surface area contributed by atoms with Gasteiger partial charge in [0.15, 0.2) is 0 Å². The Morgan fingerprint density at radius 3 is 3.00 bits per heavy atom. The molecule has 2 aromatic rings. The number of pyridine rings is 2. The minimum Gasteiger partial charge on any atom is -0.322 e. The first-order valence-corrected chi connectivity index (χ1v) is 4.20. The molecule has 0 spiro atoms. The number of H-pyrrole nitrogens is 1. The zero-order valence-corrected chi connectivity index (χ0v) is 7.72. The second kappa shape index (κ2) is 2.85. The number of nitrogens with one attached hydrogen (secondary N) is 1. The number of hydrogen-bond donors (Lipinski definition) is 1. The Balaban J connectivity index is 2.94. The Kier molecular flexibility index (Phi) is 1.81. The van der Waals surface area contributed by atoms with E-state index in [9.17, 15) is 4.79 Å². The SMILES string of the molecule is Cc1cc(=O)[nH]c2cc(Cl)ncc12. The highest BCUT2D eigenvalue weighted by Crippen LogP contribution is 2.15. The van der Waals surface area contributed by atoms with Crippen LogP contribution in [0.25, 0.3) is 10.9 Å². The number of rotatable bonds is 0. The van der Waals surface area contributed by atoms with Crippen molar-refractivity contribution in [3.63, 3.8) is 0 Å². The maximum atomic E-state index is 11.1. The third-order valence-electron chi connectivity index (χ3n) is 1.90. The van der Waals surface area contributed by atoms with Gasteiger partial charge in [0.25, 0.3) is 0 Å². The molecule has 0 radical (unpaired) electrons. The predicted molar refractivity (Wildman–Crippen MR) is 52.1 cm³/mol. The minimum atomic E-state index is -0.118. The van der Waals surface area contributed by atoms with Crippen molar-refractivity contribution >= 4 is 22.5 Å². The maximum Gasteiger partial charge on any atom is 0.248 e. The summed E-state index contributed by atoms with van der Waals surface area (Å²) in [4.78, 5) is 17.7. The second-order valence-electron chi connectivity index (χ2n) is 2.87. The first-order chi connectivity index (χ1) is 6.16. The maximum absolute atomic E-state index is 11.1. The summed E-state index contributed by atoms with van der Waals surface area (Å²) in [7, 11) is 0. The fourth-order valence-electron chi connectivity index (χ4n) is 1.29. The molecule has 2 heterocycles. The van der Waals surface area contributed by atoms with E-state index in [-0.39, 0.29) is 5.56 Å². The zero-order chi connectivity index (χ0) is 9.42. The lowest BCUT2D eigenvalue weighted by atomic mass is 10.2. The Morgan fingerprint density at radius 1 is 1.46 bits per heavy atom. The van der Waals surface area contributed by atoms with Gasteiger partial charge < -0.3 is 4.98 Å². The van der Waals surface area contributed by atoms with Gasteiger partial charge in [-0.25, -0.2) is 4.98 Å². The molecule has 0 amide bonds. The largest absolute Gasteiger partial charge is 0.322 e. The number of aryl methyl sites for hydroxylation is 1. The molecule has 0 unspecified atom stereocenters. The van der Waals surface area contributed by atoms with Crippen LogP contribution in [-0.4, -0.2) is 9.97 Å². The molecule has 0 atom stereocenters. The van der Waals surface area contributed by atoms with Gasteiger partial charge in [0.05, 0.1) is 5.52 Å². The number of fused-ring (bicyclic) bond motifs is 1.